The average Bonchev–Trinajstić information content (AvgIpc) is 3.22. The fourth-order valence-electron chi connectivity index (χ4n) is 3.08. The number of carbonyl (C=O) groups is 1. The van der Waals surface area contributed by atoms with E-state index >= 15 is 0 Å². The molecule has 4 rings (SSSR count). The maximum atomic E-state index is 12.4. The number of nitrogens with one attached hydrogen (secondary N) is 1. The van der Waals surface area contributed by atoms with Gasteiger partial charge in [0.2, 0.25) is 5.91 Å². The van der Waals surface area contributed by atoms with Gasteiger partial charge in [-0.2, -0.15) is 0 Å². The molecule has 0 aliphatic rings. The molecule has 0 saturated heterocycles. The van der Waals surface area contributed by atoms with Crippen molar-refractivity contribution in [2.24, 2.45) is 0 Å². The van der Waals surface area contributed by atoms with Gasteiger partial charge in [-0.1, -0.05) is 36.4 Å². The highest BCUT2D eigenvalue weighted by molar-refractivity contribution is 7.13. The minimum atomic E-state index is -0.0138. The van der Waals surface area contributed by atoms with Gasteiger partial charge in [0.05, 0.1) is 12.1 Å². The Hall–Kier alpha value is -3.31. The zero-order valence-electron chi connectivity index (χ0n) is 16.3. The molecule has 4 nitrogen and oxygen atoms in total. The minimum absolute atomic E-state index is 0.0138. The lowest BCUT2D eigenvalue weighted by Crippen LogP contribution is -2.15. The second-order valence-corrected chi connectivity index (χ2v) is 7.87. The van der Waals surface area contributed by atoms with E-state index in [0.717, 1.165) is 44.2 Å². The summed E-state index contributed by atoms with van der Waals surface area (Å²) in [5.74, 6) is -0.0138. The normalized spacial score (nSPS) is 10.7. The summed E-state index contributed by atoms with van der Waals surface area (Å²) in [7, 11) is 0. The third-order valence-corrected chi connectivity index (χ3v) is 5.60. The molecule has 0 saturated carbocycles. The molecule has 0 bridgehead atoms. The highest BCUT2D eigenvalue weighted by Crippen LogP contribution is 2.28. The van der Waals surface area contributed by atoms with Gasteiger partial charge in [-0.05, 0) is 48.7 Å². The molecule has 1 N–H and O–H groups in total. The molecule has 0 unspecified atom stereocenters. The molecule has 4 aromatic rings. The molecule has 0 radical (unpaired) electrons. The lowest BCUT2D eigenvalue weighted by Gasteiger charge is -2.09. The Morgan fingerprint density at radius 3 is 2.48 bits per heavy atom. The second kappa shape index (κ2) is 8.37. The van der Waals surface area contributed by atoms with Gasteiger partial charge in [0.15, 0.2) is 0 Å². The number of aromatic nitrogens is 2. The molecule has 0 fully saturated rings. The van der Waals surface area contributed by atoms with E-state index < -0.39 is 0 Å². The van der Waals surface area contributed by atoms with Crippen LogP contribution in [0.25, 0.3) is 21.8 Å². The van der Waals surface area contributed by atoms with Gasteiger partial charge < -0.3 is 5.32 Å². The molecule has 0 spiro atoms. The van der Waals surface area contributed by atoms with E-state index in [4.69, 9.17) is 4.98 Å². The summed E-state index contributed by atoms with van der Waals surface area (Å²) in [6.07, 6.45) is 3.88. The third kappa shape index (κ3) is 4.58. The number of anilines is 1. The fraction of sp³-hybridized carbons (Fsp3) is 0.125. The van der Waals surface area contributed by atoms with Crippen LogP contribution >= 0.6 is 11.3 Å². The largest absolute Gasteiger partial charge is 0.326 e. The van der Waals surface area contributed by atoms with Gasteiger partial charge >= 0.3 is 0 Å². The molecule has 0 aliphatic carbocycles. The number of benzene rings is 2. The molecule has 2 aromatic carbocycles. The van der Waals surface area contributed by atoms with E-state index in [1.807, 2.05) is 68.4 Å². The third-order valence-electron chi connectivity index (χ3n) is 4.71. The van der Waals surface area contributed by atoms with E-state index in [1.165, 1.54) is 0 Å². The summed E-state index contributed by atoms with van der Waals surface area (Å²) < 4.78 is 0. The molecule has 29 heavy (non-hydrogen) atoms. The summed E-state index contributed by atoms with van der Waals surface area (Å²) in [4.78, 5) is 21.2. The van der Waals surface area contributed by atoms with Gasteiger partial charge in [0, 0.05) is 34.6 Å². The first kappa shape index (κ1) is 19.0. The van der Waals surface area contributed by atoms with Crippen LogP contribution in [0.5, 0.6) is 0 Å². The van der Waals surface area contributed by atoms with Crippen molar-refractivity contribution in [1.82, 2.24) is 9.97 Å². The van der Waals surface area contributed by atoms with Crippen molar-refractivity contribution in [3.63, 3.8) is 0 Å². The zero-order valence-corrected chi connectivity index (χ0v) is 17.2. The van der Waals surface area contributed by atoms with Crippen LogP contribution in [-0.2, 0) is 11.2 Å². The van der Waals surface area contributed by atoms with Gasteiger partial charge in [-0.15, -0.1) is 11.3 Å². The molecule has 2 aromatic heterocycles. The van der Waals surface area contributed by atoms with Crippen molar-refractivity contribution < 1.29 is 4.79 Å². The summed E-state index contributed by atoms with van der Waals surface area (Å²) in [5, 5.41) is 6.04. The highest BCUT2D eigenvalue weighted by Gasteiger charge is 2.09. The number of amides is 1. The number of pyridine rings is 1. The molecule has 0 aliphatic heterocycles. The van der Waals surface area contributed by atoms with E-state index in [1.54, 1.807) is 23.7 Å². The maximum Gasteiger partial charge on any atom is 0.228 e. The first-order valence-corrected chi connectivity index (χ1v) is 10.3. The SMILES string of the molecule is Cc1ccc(C)c(NC(=O)Cc2ccc(-c3csc(-c4ccncc4)n3)cc2)c1. The topological polar surface area (TPSA) is 54.9 Å². The number of carbonyl (C=O) groups excluding carboxylic acids is 1. The fourth-order valence-corrected chi connectivity index (χ4v) is 3.91. The number of thiazole rings is 1. The van der Waals surface area contributed by atoms with Crippen molar-refractivity contribution >= 4 is 22.9 Å². The molecular weight excluding hydrogens is 378 g/mol. The van der Waals surface area contributed by atoms with Crippen molar-refractivity contribution in [3.05, 3.63) is 89.1 Å². The number of aryl methyl sites for hydroxylation is 2. The van der Waals surface area contributed by atoms with Crippen molar-refractivity contribution in [2.45, 2.75) is 20.3 Å². The van der Waals surface area contributed by atoms with Crippen LogP contribution in [0.15, 0.2) is 72.4 Å². The quantitative estimate of drug-likeness (QED) is 0.470. The zero-order chi connectivity index (χ0) is 20.2. The van der Waals surface area contributed by atoms with Gasteiger partial charge in [0.25, 0.3) is 0 Å². The first-order valence-electron chi connectivity index (χ1n) is 9.41. The summed E-state index contributed by atoms with van der Waals surface area (Å²) in [6.45, 7) is 4.02. The lowest BCUT2D eigenvalue weighted by atomic mass is 10.1. The summed E-state index contributed by atoms with van der Waals surface area (Å²) in [5.41, 5.74) is 7.08. The Bertz CT molecular complexity index is 1130. The lowest BCUT2D eigenvalue weighted by molar-refractivity contribution is -0.115. The van der Waals surface area contributed by atoms with Gasteiger partial charge in [-0.25, -0.2) is 4.98 Å². The van der Waals surface area contributed by atoms with E-state index in [0.29, 0.717) is 6.42 Å². The molecule has 0 atom stereocenters. The van der Waals surface area contributed by atoms with E-state index in [-0.39, 0.29) is 5.91 Å². The monoisotopic (exact) mass is 399 g/mol. The highest BCUT2D eigenvalue weighted by atomic mass is 32.1. The predicted octanol–water partition coefficient (Wildman–Crippen LogP) is 5.67. The van der Waals surface area contributed by atoms with Crippen LogP contribution in [0.3, 0.4) is 0 Å². The Labute approximate surface area is 174 Å². The smallest absolute Gasteiger partial charge is 0.228 e. The van der Waals surface area contributed by atoms with Crippen LogP contribution in [0.1, 0.15) is 16.7 Å². The maximum absolute atomic E-state index is 12.4. The standard InChI is InChI=1S/C24H21N3OS/c1-16-3-4-17(2)21(13-16)26-23(28)14-18-5-7-19(8-6-18)22-15-29-24(27-22)20-9-11-25-12-10-20/h3-13,15H,14H2,1-2H3,(H,26,28). The number of rotatable bonds is 5. The molecular formula is C24H21N3OS. The molecule has 144 valence electrons. The van der Waals surface area contributed by atoms with E-state index in [2.05, 4.69) is 15.7 Å². The van der Waals surface area contributed by atoms with Crippen LogP contribution in [0, 0.1) is 13.8 Å². The Balaban J connectivity index is 1.44. The summed E-state index contributed by atoms with van der Waals surface area (Å²) in [6, 6.07) is 18.0. The molecule has 1 amide bonds. The predicted molar refractivity (Wildman–Crippen MR) is 119 cm³/mol. The van der Waals surface area contributed by atoms with Gasteiger partial charge in [-0.3, -0.25) is 9.78 Å². The Kier molecular flexibility index (Phi) is 5.49. The van der Waals surface area contributed by atoms with Crippen molar-refractivity contribution in [1.29, 1.82) is 0 Å². The van der Waals surface area contributed by atoms with Crippen LogP contribution < -0.4 is 5.32 Å². The Morgan fingerprint density at radius 1 is 0.966 bits per heavy atom. The average molecular weight is 400 g/mol. The Morgan fingerprint density at radius 2 is 1.72 bits per heavy atom. The van der Waals surface area contributed by atoms with Crippen molar-refractivity contribution in [3.8, 4) is 21.8 Å². The van der Waals surface area contributed by atoms with E-state index in [9.17, 15) is 4.79 Å². The van der Waals surface area contributed by atoms with Crippen molar-refractivity contribution in [2.75, 3.05) is 5.32 Å². The summed E-state index contributed by atoms with van der Waals surface area (Å²) >= 11 is 1.61. The minimum Gasteiger partial charge on any atom is -0.326 e. The number of nitrogens with zero attached hydrogens (tertiary/aromatic N) is 2. The number of hydrogen-bond acceptors (Lipinski definition) is 4. The molecule has 2 heterocycles. The van der Waals surface area contributed by atoms with Crippen LogP contribution in [0.2, 0.25) is 0 Å². The van der Waals surface area contributed by atoms with Gasteiger partial charge in [0.1, 0.15) is 5.01 Å². The van der Waals surface area contributed by atoms with Crippen LogP contribution in [0.4, 0.5) is 5.69 Å². The van der Waals surface area contributed by atoms with Crippen LogP contribution in [-0.4, -0.2) is 15.9 Å². The first-order chi connectivity index (χ1) is 14.1. The number of hydrogen-bond donors (Lipinski definition) is 1. The second-order valence-electron chi connectivity index (χ2n) is 7.01. The molecule has 5 heteroatoms.